The lowest BCUT2D eigenvalue weighted by atomic mass is 9.79. The summed E-state index contributed by atoms with van der Waals surface area (Å²) in [7, 11) is 1.69. The maximum Gasteiger partial charge on any atom is 0.310 e. The molecule has 1 amide bonds. The summed E-state index contributed by atoms with van der Waals surface area (Å²) in [5, 5.41) is 1.00. The van der Waals surface area contributed by atoms with E-state index in [1.807, 2.05) is 48.5 Å². The summed E-state index contributed by atoms with van der Waals surface area (Å²) in [6.45, 7) is -0.243. The zero-order valence-corrected chi connectivity index (χ0v) is 17.2. The van der Waals surface area contributed by atoms with Gasteiger partial charge in [0.2, 0.25) is 0 Å². The van der Waals surface area contributed by atoms with Gasteiger partial charge in [0.25, 0.3) is 5.91 Å². The van der Waals surface area contributed by atoms with Gasteiger partial charge in [-0.2, -0.15) is 0 Å². The molecule has 150 valence electrons. The first kappa shape index (κ1) is 19.6. The van der Waals surface area contributed by atoms with Crippen molar-refractivity contribution in [3.05, 3.63) is 59.6 Å². The van der Waals surface area contributed by atoms with Crippen LogP contribution in [0, 0.1) is 5.92 Å². The number of rotatable bonds is 5. The van der Waals surface area contributed by atoms with Crippen LogP contribution in [-0.2, 0) is 14.3 Å². The monoisotopic (exact) mass is 408 g/mol. The molecule has 6 heteroatoms. The molecule has 1 fully saturated rings. The average molecular weight is 409 g/mol. The highest BCUT2D eigenvalue weighted by Gasteiger charge is 2.35. The van der Waals surface area contributed by atoms with E-state index in [1.54, 1.807) is 18.4 Å². The molecular weight excluding hydrogens is 384 g/mol. The third-order valence-electron chi connectivity index (χ3n) is 5.55. The minimum atomic E-state index is -0.288. The molecule has 29 heavy (non-hydrogen) atoms. The van der Waals surface area contributed by atoms with E-state index in [4.69, 9.17) is 9.72 Å². The van der Waals surface area contributed by atoms with E-state index < -0.39 is 0 Å². The molecule has 1 saturated carbocycles. The summed E-state index contributed by atoms with van der Waals surface area (Å²) in [4.78, 5) is 31.6. The summed E-state index contributed by atoms with van der Waals surface area (Å²) >= 11 is 1.66. The van der Waals surface area contributed by atoms with Crippen molar-refractivity contribution in [2.24, 2.45) is 5.92 Å². The molecule has 1 heterocycles. The van der Waals surface area contributed by atoms with E-state index >= 15 is 0 Å². The molecule has 2 aromatic carbocycles. The van der Waals surface area contributed by atoms with Gasteiger partial charge in [0.15, 0.2) is 6.61 Å². The third kappa shape index (κ3) is 4.32. The minimum Gasteiger partial charge on any atom is -0.455 e. The molecule has 2 atom stereocenters. The summed E-state index contributed by atoms with van der Waals surface area (Å²) in [6, 6.07) is 17.4. The van der Waals surface area contributed by atoms with Gasteiger partial charge in [-0.05, 0) is 37.1 Å². The number of likely N-dealkylation sites (N-methyl/N-ethyl adjacent to an activating group) is 1. The molecule has 0 unspecified atom stereocenters. The van der Waals surface area contributed by atoms with Gasteiger partial charge in [-0.3, -0.25) is 9.59 Å². The fourth-order valence-corrected chi connectivity index (χ4v) is 5.06. The normalized spacial score (nSPS) is 19.1. The second-order valence-electron chi connectivity index (χ2n) is 7.41. The molecule has 3 aromatic rings. The first-order chi connectivity index (χ1) is 14.1. The second-order valence-corrected chi connectivity index (χ2v) is 8.48. The summed E-state index contributed by atoms with van der Waals surface area (Å²) < 4.78 is 6.60. The highest BCUT2D eigenvalue weighted by atomic mass is 32.1. The van der Waals surface area contributed by atoms with Crippen LogP contribution in [0.5, 0.6) is 0 Å². The standard InChI is InChI=1S/C23H24N2O3S/c1-25(16-9-3-2-4-10-16)21(26)15-28-23(27)18-12-6-5-11-17(18)22-24-19-13-7-8-14-20(19)29-22/h2-4,7-10,13-14,17-18H,5-6,11-12,15H2,1H3/t17-,18+/m0/s1. The Balaban J connectivity index is 1.43. The summed E-state index contributed by atoms with van der Waals surface area (Å²) in [5.74, 6) is -0.699. The van der Waals surface area contributed by atoms with Crippen molar-refractivity contribution in [3.63, 3.8) is 0 Å². The molecule has 4 rings (SSSR count). The molecule has 0 bridgehead atoms. The largest absolute Gasteiger partial charge is 0.455 e. The van der Waals surface area contributed by atoms with E-state index in [0.29, 0.717) is 0 Å². The predicted molar refractivity (Wildman–Crippen MR) is 115 cm³/mol. The number of fused-ring (bicyclic) bond motifs is 1. The molecule has 0 spiro atoms. The van der Waals surface area contributed by atoms with Crippen molar-refractivity contribution in [2.75, 3.05) is 18.6 Å². The van der Waals surface area contributed by atoms with E-state index in [9.17, 15) is 9.59 Å². The Labute approximate surface area is 174 Å². The molecular formula is C23H24N2O3S. The van der Waals surface area contributed by atoms with Gasteiger partial charge in [-0.15, -0.1) is 11.3 Å². The molecule has 1 aliphatic carbocycles. The van der Waals surface area contributed by atoms with Crippen LogP contribution in [0.15, 0.2) is 54.6 Å². The van der Waals surface area contributed by atoms with Gasteiger partial charge in [0.1, 0.15) is 0 Å². The van der Waals surface area contributed by atoms with Crippen LogP contribution in [0.1, 0.15) is 36.6 Å². The summed E-state index contributed by atoms with van der Waals surface area (Å²) in [5.41, 5.74) is 1.75. The molecule has 1 aliphatic rings. The Morgan fingerprint density at radius 2 is 1.79 bits per heavy atom. The van der Waals surface area contributed by atoms with Gasteiger partial charge in [-0.1, -0.05) is 43.2 Å². The Hall–Kier alpha value is -2.73. The van der Waals surface area contributed by atoms with E-state index in [0.717, 1.165) is 46.6 Å². The Morgan fingerprint density at radius 1 is 1.07 bits per heavy atom. The molecule has 5 nitrogen and oxygen atoms in total. The van der Waals surface area contributed by atoms with Crippen LogP contribution in [-0.4, -0.2) is 30.5 Å². The zero-order chi connectivity index (χ0) is 20.2. The number of nitrogens with zero attached hydrogens (tertiary/aromatic N) is 2. The molecule has 0 aliphatic heterocycles. The van der Waals surface area contributed by atoms with Crippen LogP contribution in [0.4, 0.5) is 5.69 Å². The minimum absolute atomic E-state index is 0.0654. The SMILES string of the molecule is CN(C(=O)COC(=O)[C@@H]1CCCC[C@@H]1c1nc2ccccc2s1)c1ccccc1. The van der Waals surface area contributed by atoms with Crippen LogP contribution in [0.3, 0.4) is 0 Å². The van der Waals surface area contributed by atoms with Gasteiger partial charge in [0.05, 0.1) is 21.1 Å². The highest BCUT2D eigenvalue weighted by Crippen LogP contribution is 2.41. The van der Waals surface area contributed by atoms with Crippen LogP contribution < -0.4 is 4.90 Å². The zero-order valence-electron chi connectivity index (χ0n) is 16.4. The van der Waals surface area contributed by atoms with Gasteiger partial charge < -0.3 is 9.64 Å². The fraction of sp³-hybridized carbons (Fsp3) is 0.348. The third-order valence-corrected chi connectivity index (χ3v) is 6.72. The van der Waals surface area contributed by atoms with Crippen molar-refractivity contribution in [2.45, 2.75) is 31.6 Å². The number of esters is 1. The van der Waals surface area contributed by atoms with E-state index in [1.165, 1.54) is 4.90 Å². The molecule has 0 saturated heterocycles. The summed E-state index contributed by atoms with van der Waals surface area (Å²) in [6.07, 6.45) is 3.79. The second kappa shape index (κ2) is 8.74. The fourth-order valence-electron chi connectivity index (χ4n) is 3.89. The lowest BCUT2D eigenvalue weighted by Crippen LogP contribution is -2.34. The molecule has 0 N–H and O–H groups in total. The number of para-hydroxylation sites is 2. The maximum absolute atomic E-state index is 12.8. The molecule has 1 aromatic heterocycles. The van der Waals surface area contributed by atoms with Crippen molar-refractivity contribution in [1.82, 2.24) is 4.98 Å². The Morgan fingerprint density at radius 3 is 2.59 bits per heavy atom. The Bertz CT molecular complexity index is 969. The predicted octanol–water partition coefficient (Wildman–Crippen LogP) is 4.78. The number of hydrogen-bond donors (Lipinski definition) is 0. The van der Waals surface area contributed by atoms with Gasteiger partial charge in [-0.25, -0.2) is 4.98 Å². The lowest BCUT2D eigenvalue weighted by Gasteiger charge is -2.28. The van der Waals surface area contributed by atoms with Crippen molar-refractivity contribution >= 4 is 39.1 Å². The average Bonchev–Trinajstić information content (AvgIpc) is 3.21. The van der Waals surface area contributed by atoms with Crippen molar-refractivity contribution < 1.29 is 14.3 Å². The van der Waals surface area contributed by atoms with E-state index in [-0.39, 0.29) is 30.3 Å². The first-order valence-corrected chi connectivity index (χ1v) is 10.8. The smallest absolute Gasteiger partial charge is 0.310 e. The Kier molecular flexibility index (Phi) is 5.90. The number of ether oxygens (including phenoxy) is 1. The van der Waals surface area contributed by atoms with Crippen LogP contribution >= 0.6 is 11.3 Å². The lowest BCUT2D eigenvalue weighted by molar-refractivity contribution is -0.153. The number of hydrogen-bond acceptors (Lipinski definition) is 5. The first-order valence-electron chi connectivity index (χ1n) is 9.97. The highest BCUT2D eigenvalue weighted by molar-refractivity contribution is 7.18. The van der Waals surface area contributed by atoms with Gasteiger partial charge >= 0.3 is 5.97 Å². The van der Waals surface area contributed by atoms with Crippen LogP contribution in [0.25, 0.3) is 10.2 Å². The van der Waals surface area contributed by atoms with Gasteiger partial charge in [0, 0.05) is 18.7 Å². The topological polar surface area (TPSA) is 59.5 Å². The van der Waals surface area contributed by atoms with Crippen LogP contribution in [0.2, 0.25) is 0 Å². The number of thiazole rings is 1. The number of carbonyl (C=O) groups excluding carboxylic acids is 2. The maximum atomic E-state index is 12.8. The van der Waals surface area contributed by atoms with Crippen molar-refractivity contribution in [3.8, 4) is 0 Å². The molecule has 0 radical (unpaired) electrons. The number of carbonyl (C=O) groups is 2. The van der Waals surface area contributed by atoms with Crippen molar-refractivity contribution in [1.29, 1.82) is 0 Å². The number of aromatic nitrogens is 1. The number of amides is 1. The number of anilines is 1. The quantitative estimate of drug-likeness (QED) is 0.570. The number of benzene rings is 2. The van der Waals surface area contributed by atoms with E-state index in [2.05, 4.69) is 6.07 Å².